The van der Waals surface area contributed by atoms with E-state index in [9.17, 15) is 4.79 Å². The number of carbonyl (C=O) groups excluding carboxylic acids is 1. The number of nitrogens with zero attached hydrogens (tertiary/aromatic N) is 3. The second-order valence-electron chi connectivity index (χ2n) is 4.26. The lowest BCUT2D eigenvalue weighted by Gasteiger charge is -2.11. The lowest BCUT2D eigenvalue weighted by Crippen LogP contribution is -2.27. The van der Waals surface area contributed by atoms with Crippen LogP contribution in [0.5, 0.6) is 0 Å². The van der Waals surface area contributed by atoms with Crippen molar-refractivity contribution in [2.75, 3.05) is 20.6 Å². The fraction of sp³-hybridized carbons (Fsp3) is 0.667. The average molecular weight is 238 g/mol. The molecule has 0 aliphatic rings. The SMILES string of the molecule is CCCn1nccc1CNCCC(=O)N(C)C. The van der Waals surface area contributed by atoms with Gasteiger partial charge in [-0.2, -0.15) is 5.10 Å². The van der Waals surface area contributed by atoms with E-state index in [-0.39, 0.29) is 5.91 Å². The summed E-state index contributed by atoms with van der Waals surface area (Å²) in [7, 11) is 3.55. The third kappa shape index (κ3) is 4.56. The predicted octanol–water partition coefficient (Wildman–Crippen LogP) is 0.861. The van der Waals surface area contributed by atoms with Gasteiger partial charge in [0.05, 0.1) is 5.69 Å². The predicted molar refractivity (Wildman–Crippen MR) is 67.5 cm³/mol. The zero-order valence-electron chi connectivity index (χ0n) is 10.9. The van der Waals surface area contributed by atoms with Crippen molar-refractivity contribution in [3.8, 4) is 0 Å². The number of carbonyl (C=O) groups is 1. The summed E-state index contributed by atoms with van der Waals surface area (Å²) in [5.74, 6) is 0.152. The van der Waals surface area contributed by atoms with E-state index in [1.807, 2.05) is 16.9 Å². The Morgan fingerprint density at radius 2 is 2.29 bits per heavy atom. The lowest BCUT2D eigenvalue weighted by atomic mass is 10.3. The number of nitrogens with one attached hydrogen (secondary N) is 1. The Labute approximate surface area is 103 Å². The van der Waals surface area contributed by atoms with Gasteiger partial charge in [-0.15, -0.1) is 0 Å². The zero-order chi connectivity index (χ0) is 12.7. The highest BCUT2D eigenvalue weighted by molar-refractivity contribution is 5.75. The van der Waals surface area contributed by atoms with Gasteiger partial charge < -0.3 is 10.2 Å². The molecule has 1 amide bonds. The zero-order valence-corrected chi connectivity index (χ0v) is 10.9. The van der Waals surface area contributed by atoms with Gasteiger partial charge in [0.15, 0.2) is 0 Å². The summed E-state index contributed by atoms with van der Waals surface area (Å²) < 4.78 is 2.00. The van der Waals surface area contributed by atoms with Crippen LogP contribution in [0, 0.1) is 0 Å². The van der Waals surface area contributed by atoms with E-state index in [1.54, 1.807) is 19.0 Å². The van der Waals surface area contributed by atoms with Crippen LogP contribution in [0.3, 0.4) is 0 Å². The highest BCUT2D eigenvalue weighted by atomic mass is 16.2. The largest absolute Gasteiger partial charge is 0.349 e. The van der Waals surface area contributed by atoms with Crippen molar-refractivity contribution in [3.05, 3.63) is 18.0 Å². The van der Waals surface area contributed by atoms with Crippen molar-refractivity contribution in [1.29, 1.82) is 0 Å². The van der Waals surface area contributed by atoms with Crippen molar-refractivity contribution in [3.63, 3.8) is 0 Å². The quantitative estimate of drug-likeness (QED) is 0.717. The van der Waals surface area contributed by atoms with E-state index in [1.165, 1.54) is 5.69 Å². The Balaban J connectivity index is 2.26. The molecule has 1 aromatic rings. The summed E-state index contributed by atoms with van der Waals surface area (Å²) in [5.41, 5.74) is 1.17. The molecule has 0 aliphatic carbocycles. The van der Waals surface area contributed by atoms with Crippen LogP contribution in [-0.4, -0.2) is 41.2 Å². The second kappa shape index (κ2) is 7.06. The minimum absolute atomic E-state index is 0.152. The number of hydrogen-bond acceptors (Lipinski definition) is 3. The van der Waals surface area contributed by atoms with Gasteiger partial charge in [0, 0.05) is 46.3 Å². The van der Waals surface area contributed by atoms with Crippen molar-refractivity contribution in [1.82, 2.24) is 20.0 Å². The van der Waals surface area contributed by atoms with Crippen LogP contribution in [0.1, 0.15) is 25.5 Å². The first-order valence-corrected chi connectivity index (χ1v) is 6.06. The minimum atomic E-state index is 0.152. The Bertz CT molecular complexity index is 346. The van der Waals surface area contributed by atoms with E-state index in [0.29, 0.717) is 13.0 Å². The molecule has 0 aliphatic heterocycles. The fourth-order valence-electron chi connectivity index (χ4n) is 1.56. The fourth-order valence-corrected chi connectivity index (χ4v) is 1.56. The molecule has 0 radical (unpaired) electrons. The molecule has 0 saturated carbocycles. The van der Waals surface area contributed by atoms with Gasteiger partial charge in [-0.1, -0.05) is 6.92 Å². The average Bonchev–Trinajstić information content (AvgIpc) is 2.72. The maximum absolute atomic E-state index is 11.3. The summed E-state index contributed by atoms with van der Waals surface area (Å²) in [5, 5.41) is 7.51. The maximum atomic E-state index is 11.3. The molecule has 5 nitrogen and oxygen atoms in total. The van der Waals surface area contributed by atoms with Crippen LogP contribution in [0.15, 0.2) is 12.3 Å². The first-order chi connectivity index (χ1) is 8.15. The Morgan fingerprint density at radius 3 is 2.94 bits per heavy atom. The molecule has 0 bridgehead atoms. The second-order valence-corrected chi connectivity index (χ2v) is 4.26. The minimum Gasteiger partial charge on any atom is -0.349 e. The molecule has 0 aromatic carbocycles. The van der Waals surface area contributed by atoms with Crippen LogP contribution >= 0.6 is 0 Å². The molecular formula is C12H22N4O. The molecule has 17 heavy (non-hydrogen) atoms. The molecular weight excluding hydrogens is 216 g/mol. The summed E-state index contributed by atoms with van der Waals surface area (Å²) in [6.07, 6.45) is 3.43. The number of amides is 1. The summed E-state index contributed by atoms with van der Waals surface area (Å²) in [6, 6.07) is 2.01. The van der Waals surface area contributed by atoms with Gasteiger partial charge in [-0.25, -0.2) is 0 Å². The van der Waals surface area contributed by atoms with Crippen LogP contribution < -0.4 is 5.32 Å². The van der Waals surface area contributed by atoms with E-state index in [4.69, 9.17) is 0 Å². The van der Waals surface area contributed by atoms with Crippen LogP contribution in [-0.2, 0) is 17.9 Å². The summed E-state index contributed by atoms with van der Waals surface area (Å²) in [6.45, 7) is 4.55. The topological polar surface area (TPSA) is 50.2 Å². The molecule has 96 valence electrons. The smallest absolute Gasteiger partial charge is 0.223 e. The Kier molecular flexibility index (Phi) is 5.69. The van der Waals surface area contributed by atoms with Gasteiger partial charge in [0.25, 0.3) is 0 Å². The highest BCUT2D eigenvalue weighted by Crippen LogP contribution is 1.99. The third-order valence-electron chi connectivity index (χ3n) is 2.56. The van der Waals surface area contributed by atoms with Crippen LogP contribution in [0.4, 0.5) is 0 Å². The Morgan fingerprint density at radius 1 is 1.53 bits per heavy atom. The first kappa shape index (κ1) is 13.7. The standard InChI is InChI=1S/C12H22N4O/c1-4-9-16-11(5-8-14-16)10-13-7-6-12(17)15(2)3/h5,8,13H,4,6-7,9-10H2,1-3H3. The van der Waals surface area contributed by atoms with Gasteiger partial charge in [-0.05, 0) is 12.5 Å². The number of aryl methyl sites for hydroxylation is 1. The van der Waals surface area contributed by atoms with Crippen molar-refractivity contribution in [2.45, 2.75) is 32.9 Å². The highest BCUT2D eigenvalue weighted by Gasteiger charge is 2.04. The summed E-state index contributed by atoms with van der Waals surface area (Å²) in [4.78, 5) is 13.0. The van der Waals surface area contributed by atoms with Crippen molar-refractivity contribution < 1.29 is 4.79 Å². The van der Waals surface area contributed by atoms with Gasteiger partial charge >= 0.3 is 0 Å². The number of hydrogen-bond donors (Lipinski definition) is 1. The van der Waals surface area contributed by atoms with E-state index < -0.39 is 0 Å². The molecule has 1 rings (SSSR count). The van der Waals surface area contributed by atoms with Gasteiger partial charge in [-0.3, -0.25) is 9.48 Å². The number of rotatable bonds is 7. The Hall–Kier alpha value is -1.36. The number of aromatic nitrogens is 2. The maximum Gasteiger partial charge on any atom is 0.223 e. The van der Waals surface area contributed by atoms with Crippen molar-refractivity contribution >= 4 is 5.91 Å². The summed E-state index contributed by atoms with van der Waals surface area (Å²) >= 11 is 0. The normalized spacial score (nSPS) is 10.5. The van der Waals surface area contributed by atoms with Gasteiger partial charge in [0.2, 0.25) is 5.91 Å². The molecule has 1 N–H and O–H groups in total. The van der Waals surface area contributed by atoms with E-state index in [0.717, 1.165) is 19.5 Å². The molecule has 1 heterocycles. The molecule has 0 spiro atoms. The third-order valence-corrected chi connectivity index (χ3v) is 2.56. The molecule has 0 atom stereocenters. The van der Waals surface area contributed by atoms with E-state index in [2.05, 4.69) is 17.3 Å². The molecule has 0 unspecified atom stereocenters. The molecule has 0 saturated heterocycles. The van der Waals surface area contributed by atoms with Crippen molar-refractivity contribution in [2.24, 2.45) is 0 Å². The van der Waals surface area contributed by atoms with Gasteiger partial charge in [0.1, 0.15) is 0 Å². The first-order valence-electron chi connectivity index (χ1n) is 6.06. The van der Waals surface area contributed by atoms with Crippen LogP contribution in [0.2, 0.25) is 0 Å². The molecule has 1 aromatic heterocycles. The molecule has 5 heteroatoms. The van der Waals surface area contributed by atoms with E-state index >= 15 is 0 Å². The monoisotopic (exact) mass is 238 g/mol. The van der Waals surface area contributed by atoms with Crippen LogP contribution in [0.25, 0.3) is 0 Å². The lowest BCUT2D eigenvalue weighted by molar-refractivity contribution is -0.128. The molecule has 0 fully saturated rings.